The minimum Gasteiger partial charge on any atom is -0.489 e. The molecule has 0 saturated carbocycles. The molecule has 0 aliphatic rings. The summed E-state index contributed by atoms with van der Waals surface area (Å²) in [5.41, 5.74) is 4.09. The number of carbonyl (C=O) groups is 2. The SMILES string of the molecule is O=C(CCc1ccccc1)NC(NC(=O)CCc1ccccc1)c1ccc(OCc2cccc3ccccc23)cc1. The molecule has 0 unspecified atom stereocenters. The normalized spacial score (nSPS) is 10.9. The number of ether oxygens (including phenoxy) is 1. The molecule has 206 valence electrons. The molecule has 0 fully saturated rings. The van der Waals surface area contributed by atoms with Crippen LogP contribution in [0.3, 0.4) is 0 Å². The minimum absolute atomic E-state index is 0.126. The van der Waals surface area contributed by atoms with Gasteiger partial charge in [0, 0.05) is 12.8 Å². The Morgan fingerprint density at radius 2 is 1.12 bits per heavy atom. The third-order valence-electron chi connectivity index (χ3n) is 7.07. The van der Waals surface area contributed by atoms with Crippen LogP contribution in [0.15, 0.2) is 127 Å². The van der Waals surface area contributed by atoms with Gasteiger partial charge < -0.3 is 15.4 Å². The topological polar surface area (TPSA) is 67.4 Å². The molecule has 5 aromatic carbocycles. The third kappa shape index (κ3) is 8.05. The Kier molecular flexibility index (Phi) is 9.41. The molecule has 0 saturated heterocycles. The van der Waals surface area contributed by atoms with Crippen molar-refractivity contribution in [2.24, 2.45) is 0 Å². The lowest BCUT2D eigenvalue weighted by Crippen LogP contribution is -2.41. The van der Waals surface area contributed by atoms with Crippen LogP contribution < -0.4 is 15.4 Å². The Labute approximate surface area is 241 Å². The van der Waals surface area contributed by atoms with E-state index in [0.717, 1.165) is 22.3 Å². The van der Waals surface area contributed by atoms with Crippen molar-refractivity contribution in [2.45, 2.75) is 38.5 Å². The molecule has 0 spiro atoms. The highest BCUT2D eigenvalue weighted by Gasteiger charge is 2.18. The molecule has 5 nitrogen and oxygen atoms in total. The molecule has 5 heteroatoms. The first-order valence-corrected chi connectivity index (χ1v) is 14.0. The molecule has 0 aliphatic heterocycles. The number of aryl methyl sites for hydroxylation is 2. The van der Waals surface area contributed by atoms with E-state index in [1.165, 1.54) is 10.8 Å². The summed E-state index contributed by atoms with van der Waals surface area (Å²) >= 11 is 0. The highest BCUT2D eigenvalue weighted by molar-refractivity contribution is 5.85. The van der Waals surface area contributed by atoms with Crippen molar-refractivity contribution in [3.63, 3.8) is 0 Å². The van der Waals surface area contributed by atoms with E-state index >= 15 is 0 Å². The summed E-state index contributed by atoms with van der Waals surface area (Å²) in [4.78, 5) is 25.8. The van der Waals surface area contributed by atoms with Crippen molar-refractivity contribution in [3.05, 3.63) is 150 Å². The highest BCUT2D eigenvalue weighted by Crippen LogP contribution is 2.22. The van der Waals surface area contributed by atoms with E-state index in [-0.39, 0.29) is 11.8 Å². The molecular weight excluding hydrogens is 508 g/mol. The van der Waals surface area contributed by atoms with Gasteiger partial charge in [0.25, 0.3) is 0 Å². The number of amides is 2. The van der Waals surface area contributed by atoms with Crippen LogP contribution in [0.1, 0.15) is 41.3 Å². The lowest BCUT2D eigenvalue weighted by molar-refractivity contribution is -0.124. The number of hydrogen-bond acceptors (Lipinski definition) is 3. The van der Waals surface area contributed by atoms with Gasteiger partial charge in [0.05, 0.1) is 0 Å². The summed E-state index contributed by atoms with van der Waals surface area (Å²) < 4.78 is 6.10. The predicted octanol–water partition coefficient (Wildman–Crippen LogP) is 6.92. The van der Waals surface area contributed by atoms with E-state index in [1.54, 1.807) is 0 Å². The molecule has 2 N–H and O–H groups in total. The van der Waals surface area contributed by atoms with Gasteiger partial charge in [-0.1, -0.05) is 115 Å². The van der Waals surface area contributed by atoms with Crippen LogP contribution in [-0.2, 0) is 29.0 Å². The van der Waals surface area contributed by atoms with Crippen LogP contribution >= 0.6 is 0 Å². The smallest absolute Gasteiger partial charge is 0.222 e. The maximum atomic E-state index is 12.9. The van der Waals surface area contributed by atoms with Gasteiger partial charge in [-0.05, 0) is 58.0 Å². The molecule has 0 atom stereocenters. The summed E-state index contributed by atoms with van der Waals surface area (Å²) in [6, 6.07) is 41.8. The van der Waals surface area contributed by atoms with Crippen molar-refractivity contribution in [2.75, 3.05) is 0 Å². The average Bonchev–Trinajstić information content (AvgIpc) is 3.03. The second-order valence-electron chi connectivity index (χ2n) is 10.0. The zero-order chi connectivity index (χ0) is 28.3. The summed E-state index contributed by atoms with van der Waals surface area (Å²) in [6.45, 7) is 0.441. The Morgan fingerprint density at radius 1 is 0.585 bits per heavy atom. The number of carbonyl (C=O) groups excluding carboxylic acids is 2. The standard InChI is InChI=1S/C36H34N2O3/c39-34(24-18-27-10-3-1-4-11-27)37-36(38-35(40)25-19-28-12-5-2-6-13-28)30-20-22-32(23-21-30)41-26-31-16-9-15-29-14-7-8-17-33(29)31/h1-17,20-23,36H,18-19,24-26H2,(H,37,39)(H,38,40). The molecule has 0 aromatic heterocycles. The Balaban J connectivity index is 1.24. The third-order valence-corrected chi connectivity index (χ3v) is 7.07. The molecule has 0 heterocycles. The van der Waals surface area contributed by atoms with Crippen molar-refractivity contribution in [3.8, 4) is 5.75 Å². The van der Waals surface area contributed by atoms with Crippen LogP contribution in [0.2, 0.25) is 0 Å². The Morgan fingerprint density at radius 3 is 1.73 bits per heavy atom. The van der Waals surface area contributed by atoms with E-state index in [2.05, 4.69) is 34.9 Å². The zero-order valence-corrected chi connectivity index (χ0v) is 23.0. The molecule has 0 bridgehead atoms. The fourth-order valence-electron chi connectivity index (χ4n) is 4.81. The highest BCUT2D eigenvalue weighted by atomic mass is 16.5. The van der Waals surface area contributed by atoms with Crippen LogP contribution in [0, 0.1) is 0 Å². The van der Waals surface area contributed by atoms with E-state index in [1.807, 2.05) is 103 Å². The monoisotopic (exact) mass is 542 g/mol. The number of fused-ring (bicyclic) bond motifs is 1. The van der Waals surface area contributed by atoms with Gasteiger partial charge in [-0.2, -0.15) is 0 Å². The predicted molar refractivity (Wildman–Crippen MR) is 163 cm³/mol. The minimum atomic E-state index is -0.645. The van der Waals surface area contributed by atoms with E-state index in [0.29, 0.717) is 38.0 Å². The molecular formula is C36H34N2O3. The lowest BCUT2D eigenvalue weighted by atomic mass is 10.1. The first-order valence-electron chi connectivity index (χ1n) is 14.0. The average molecular weight is 543 g/mol. The lowest BCUT2D eigenvalue weighted by Gasteiger charge is -2.21. The van der Waals surface area contributed by atoms with Gasteiger partial charge in [-0.3, -0.25) is 9.59 Å². The second kappa shape index (κ2) is 13.9. The summed E-state index contributed by atoms with van der Waals surface area (Å²) in [5.74, 6) is 0.461. The largest absolute Gasteiger partial charge is 0.489 e. The van der Waals surface area contributed by atoms with Crippen molar-refractivity contribution in [1.82, 2.24) is 10.6 Å². The number of rotatable bonds is 12. The first kappa shape index (κ1) is 27.7. The van der Waals surface area contributed by atoms with Gasteiger partial charge in [0.1, 0.15) is 18.5 Å². The van der Waals surface area contributed by atoms with Crippen LogP contribution in [0.5, 0.6) is 5.75 Å². The van der Waals surface area contributed by atoms with Gasteiger partial charge >= 0.3 is 0 Å². The van der Waals surface area contributed by atoms with Gasteiger partial charge in [-0.25, -0.2) is 0 Å². The second-order valence-corrected chi connectivity index (χ2v) is 10.0. The van der Waals surface area contributed by atoms with Gasteiger partial charge in [-0.15, -0.1) is 0 Å². The van der Waals surface area contributed by atoms with Crippen molar-refractivity contribution in [1.29, 1.82) is 0 Å². The summed E-state index contributed by atoms with van der Waals surface area (Å²) in [7, 11) is 0. The van der Waals surface area contributed by atoms with E-state index in [9.17, 15) is 9.59 Å². The Bertz CT molecular complexity index is 1500. The maximum absolute atomic E-state index is 12.9. The summed E-state index contributed by atoms with van der Waals surface area (Å²) in [5, 5.41) is 8.38. The Hall–Kier alpha value is -4.90. The molecule has 5 rings (SSSR count). The molecule has 5 aromatic rings. The number of hydrogen-bond donors (Lipinski definition) is 2. The fourth-order valence-corrected chi connectivity index (χ4v) is 4.81. The fraction of sp³-hybridized carbons (Fsp3) is 0.167. The van der Waals surface area contributed by atoms with Crippen LogP contribution in [0.25, 0.3) is 10.8 Å². The zero-order valence-electron chi connectivity index (χ0n) is 23.0. The molecule has 41 heavy (non-hydrogen) atoms. The molecule has 0 aliphatic carbocycles. The number of nitrogens with one attached hydrogen (secondary N) is 2. The summed E-state index contributed by atoms with van der Waals surface area (Å²) in [6.07, 6.45) is 1.26. The van der Waals surface area contributed by atoms with E-state index < -0.39 is 6.17 Å². The number of benzene rings is 5. The quantitative estimate of drug-likeness (QED) is 0.168. The van der Waals surface area contributed by atoms with Gasteiger partial charge in [0.2, 0.25) is 11.8 Å². The van der Waals surface area contributed by atoms with Crippen LogP contribution in [0.4, 0.5) is 0 Å². The van der Waals surface area contributed by atoms with Crippen molar-refractivity contribution < 1.29 is 14.3 Å². The van der Waals surface area contributed by atoms with E-state index in [4.69, 9.17) is 4.74 Å². The van der Waals surface area contributed by atoms with Crippen LogP contribution in [-0.4, -0.2) is 11.8 Å². The molecule has 2 amide bonds. The first-order chi connectivity index (χ1) is 20.1. The van der Waals surface area contributed by atoms with Crippen molar-refractivity contribution >= 4 is 22.6 Å². The maximum Gasteiger partial charge on any atom is 0.222 e. The van der Waals surface area contributed by atoms with Gasteiger partial charge in [0.15, 0.2) is 0 Å². The molecule has 0 radical (unpaired) electrons.